The van der Waals surface area contributed by atoms with Crippen LogP contribution in [0.25, 0.3) is 0 Å². The van der Waals surface area contributed by atoms with Gasteiger partial charge in [0, 0.05) is 17.0 Å². The maximum absolute atomic E-state index is 12.3. The van der Waals surface area contributed by atoms with E-state index >= 15 is 0 Å². The standard InChI is InChI=1S/C14H21N3OS/c1-9-8-16-13(19-9)10(2)17-12(18)11-7-14(11)3-5-15-6-4-14/h8,10-11,15H,3-7H2,1-2H3,(H,17,18). The van der Waals surface area contributed by atoms with E-state index in [0.717, 1.165) is 37.4 Å². The van der Waals surface area contributed by atoms with Crippen molar-refractivity contribution in [2.75, 3.05) is 13.1 Å². The number of aryl methyl sites for hydroxylation is 1. The number of carbonyl (C=O) groups is 1. The lowest BCUT2D eigenvalue weighted by Gasteiger charge is -2.23. The molecule has 1 aromatic heterocycles. The SMILES string of the molecule is Cc1cnc(C(C)NC(=O)C2CC23CCNCC3)s1. The largest absolute Gasteiger partial charge is 0.347 e. The van der Waals surface area contributed by atoms with Gasteiger partial charge in [0.1, 0.15) is 5.01 Å². The number of hydrogen-bond acceptors (Lipinski definition) is 4. The van der Waals surface area contributed by atoms with Gasteiger partial charge in [-0.2, -0.15) is 0 Å². The highest BCUT2D eigenvalue weighted by atomic mass is 32.1. The van der Waals surface area contributed by atoms with Crippen LogP contribution in [0.5, 0.6) is 0 Å². The molecule has 2 aliphatic rings. The fraction of sp³-hybridized carbons (Fsp3) is 0.714. The molecule has 2 N–H and O–H groups in total. The van der Waals surface area contributed by atoms with Gasteiger partial charge < -0.3 is 10.6 Å². The molecule has 1 spiro atoms. The zero-order chi connectivity index (χ0) is 13.5. The molecule has 4 nitrogen and oxygen atoms in total. The van der Waals surface area contributed by atoms with Crippen LogP contribution in [0, 0.1) is 18.3 Å². The lowest BCUT2D eigenvalue weighted by atomic mass is 9.91. The maximum atomic E-state index is 12.3. The molecule has 1 saturated carbocycles. The summed E-state index contributed by atoms with van der Waals surface area (Å²) in [6, 6.07) is 0.0329. The van der Waals surface area contributed by atoms with Gasteiger partial charge in [0.25, 0.3) is 0 Å². The Kier molecular flexibility index (Phi) is 3.35. The summed E-state index contributed by atoms with van der Waals surface area (Å²) >= 11 is 1.66. The van der Waals surface area contributed by atoms with Gasteiger partial charge >= 0.3 is 0 Å². The first kappa shape index (κ1) is 13.1. The summed E-state index contributed by atoms with van der Waals surface area (Å²) in [5.41, 5.74) is 0.313. The summed E-state index contributed by atoms with van der Waals surface area (Å²) in [4.78, 5) is 17.9. The van der Waals surface area contributed by atoms with Gasteiger partial charge in [0.15, 0.2) is 0 Å². The van der Waals surface area contributed by atoms with Crippen molar-refractivity contribution in [2.24, 2.45) is 11.3 Å². The van der Waals surface area contributed by atoms with Crippen LogP contribution in [0.1, 0.15) is 42.1 Å². The number of aromatic nitrogens is 1. The van der Waals surface area contributed by atoms with Crippen molar-refractivity contribution in [2.45, 2.75) is 39.2 Å². The van der Waals surface area contributed by atoms with Gasteiger partial charge in [-0.15, -0.1) is 11.3 Å². The Morgan fingerprint density at radius 3 is 2.95 bits per heavy atom. The Bertz CT molecular complexity index is 479. The Labute approximate surface area is 118 Å². The highest BCUT2D eigenvalue weighted by Gasteiger charge is 2.57. The highest BCUT2D eigenvalue weighted by Crippen LogP contribution is 2.58. The van der Waals surface area contributed by atoms with Gasteiger partial charge in [-0.05, 0) is 51.6 Å². The summed E-state index contributed by atoms with van der Waals surface area (Å²) in [6.07, 6.45) is 5.24. The second kappa shape index (κ2) is 4.87. The molecular weight excluding hydrogens is 258 g/mol. The van der Waals surface area contributed by atoms with E-state index in [4.69, 9.17) is 0 Å². The normalized spacial score (nSPS) is 26.1. The van der Waals surface area contributed by atoms with Crippen molar-refractivity contribution in [3.8, 4) is 0 Å². The molecule has 2 fully saturated rings. The van der Waals surface area contributed by atoms with Gasteiger partial charge in [-0.3, -0.25) is 4.79 Å². The molecule has 1 aliphatic heterocycles. The molecule has 5 heteroatoms. The van der Waals surface area contributed by atoms with Crippen molar-refractivity contribution < 1.29 is 4.79 Å². The van der Waals surface area contributed by atoms with Crippen molar-refractivity contribution >= 4 is 17.2 Å². The van der Waals surface area contributed by atoms with E-state index < -0.39 is 0 Å². The predicted octanol–water partition coefficient (Wildman–Crippen LogP) is 2.02. The fourth-order valence-corrected chi connectivity index (χ4v) is 3.92. The maximum Gasteiger partial charge on any atom is 0.224 e. The first-order chi connectivity index (χ1) is 9.11. The predicted molar refractivity (Wildman–Crippen MR) is 76.1 cm³/mol. The summed E-state index contributed by atoms with van der Waals surface area (Å²) in [7, 11) is 0. The molecule has 1 amide bonds. The van der Waals surface area contributed by atoms with E-state index in [0.29, 0.717) is 5.41 Å². The highest BCUT2D eigenvalue weighted by molar-refractivity contribution is 7.11. The lowest BCUT2D eigenvalue weighted by Crippen LogP contribution is -2.34. The second-order valence-corrected chi connectivity index (χ2v) is 7.17. The average molecular weight is 279 g/mol. The van der Waals surface area contributed by atoms with E-state index in [-0.39, 0.29) is 17.9 Å². The summed E-state index contributed by atoms with van der Waals surface area (Å²) in [6.45, 7) is 6.18. The minimum absolute atomic E-state index is 0.0329. The molecule has 2 unspecified atom stereocenters. The minimum Gasteiger partial charge on any atom is -0.347 e. The zero-order valence-corrected chi connectivity index (χ0v) is 12.3. The van der Waals surface area contributed by atoms with Crippen LogP contribution >= 0.6 is 11.3 Å². The van der Waals surface area contributed by atoms with E-state index in [1.165, 1.54) is 4.88 Å². The molecule has 2 heterocycles. The second-order valence-electron chi connectivity index (χ2n) is 5.91. The van der Waals surface area contributed by atoms with Crippen LogP contribution in [0.15, 0.2) is 6.20 Å². The average Bonchev–Trinajstić information content (AvgIpc) is 2.89. The molecule has 0 bridgehead atoms. The molecule has 0 radical (unpaired) electrons. The van der Waals surface area contributed by atoms with Crippen LogP contribution in [0.4, 0.5) is 0 Å². The Hall–Kier alpha value is -0.940. The smallest absolute Gasteiger partial charge is 0.224 e. The van der Waals surface area contributed by atoms with Gasteiger partial charge in [0.2, 0.25) is 5.91 Å². The van der Waals surface area contributed by atoms with Crippen molar-refractivity contribution in [1.82, 2.24) is 15.6 Å². The van der Waals surface area contributed by atoms with Crippen LogP contribution < -0.4 is 10.6 Å². The van der Waals surface area contributed by atoms with E-state index in [1.54, 1.807) is 11.3 Å². The quantitative estimate of drug-likeness (QED) is 0.890. The summed E-state index contributed by atoms with van der Waals surface area (Å²) in [5, 5.41) is 7.51. The lowest BCUT2D eigenvalue weighted by molar-refractivity contribution is -0.123. The minimum atomic E-state index is 0.0329. The Morgan fingerprint density at radius 2 is 2.32 bits per heavy atom. The third-order valence-corrected chi connectivity index (χ3v) is 5.57. The van der Waals surface area contributed by atoms with Crippen LogP contribution in [0.3, 0.4) is 0 Å². The molecule has 104 valence electrons. The number of nitrogens with zero attached hydrogens (tertiary/aromatic N) is 1. The molecule has 19 heavy (non-hydrogen) atoms. The number of nitrogens with one attached hydrogen (secondary N) is 2. The van der Waals surface area contributed by atoms with Crippen LogP contribution in [-0.4, -0.2) is 24.0 Å². The molecule has 1 aliphatic carbocycles. The Morgan fingerprint density at radius 1 is 1.58 bits per heavy atom. The summed E-state index contributed by atoms with van der Waals surface area (Å²) in [5.74, 6) is 0.459. The van der Waals surface area contributed by atoms with Gasteiger partial charge in [-0.1, -0.05) is 0 Å². The fourth-order valence-electron chi connectivity index (χ4n) is 3.14. The first-order valence-corrected chi connectivity index (χ1v) is 7.86. The number of thiazole rings is 1. The van der Waals surface area contributed by atoms with Crippen molar-refractivity contribution in [1.29, 1.82) is 0 Å². The molecule has 0 aromatic carbocycles. The number of carbonyl (C=O) groups excluding carboxylic acids is 1. The molecule has 2 atom stereocenters. The van der Waals surface area contributed by atoms with E-state index in [9.17, 15) is 4.79 Å². The summed E-state index contributed by atoms with van der Waals surface area (Å²) < 4.78 is 0. The number of hydrogen-bond donors (Lipinski definition) is 2. The topological polar surface area (TPSA) is 54.0 Å². The molecule has 1 saturated heterocycles. The van der Waals surface area contributed by atoms with Crippen LogP contribution in [0.2, 0.25) is 0 Å². The first-order valence-electron chi connectivity index (χ1n) is 7.04. The van der Waals surface area contributed by atoms with E-state index in [1.807, 2.05) is 20.0 Å². The van der Waals surface area contributed by atoms with Gasteiger partial charge in [-0.25, -0.2) is 4.98 Å². The Balaban J connectivity index is 1.57. The van der Waals surface area contributed by atoms with E-state index in [2.05, 4.69) is 15.6 Å². The van der Waals surface area contributed by atoms with Crippen LogP contribution in [-0.2, 0) is 4.79 Å². The molecular formula is C14H21N3OS. The number of amides is 1. The van der Waals surface area contributed by atoms with Crippen molar-refractivity contribution in [3.63, 3.8) is 0 Å². The van der Waals surface area contributed by atoms with Gasteiger partial charge in [0.05, 0.1) is 6.04 Å². The monoisotopic (exact) mass is 279 g/mol. The van der Waals surface area contributed by atoms with Crippen molar-refractivity contribution in [3.05, 3.63) is 16.1 Å². The molecule has 1 aromatic rings. The third-order valence-electron chi connectivity index (χ3n) is 4.47. The molecule has 3 rings (SSSR count). The number of piperidine rings is 1. The number of rotatable bonds is 3. The zero-order valence-electron chi connectivity index (χ0n) is 11.5. The third kappa shape index (κ3) is 2.54.